The van der Waals surface area contributed by atoms with E-state index in [-0.39, 0.29) is 0 Å². The number of benzene rings is 2. The van der Waals surface area contributed by atoms with Crippen LogP contribution >= 0.6 is 0 Å². The second-order valence-electron chi connectivity index (χ2n) is 8.17. The number of unbranched alkanes of at least 4 members (excludes halogenated alkanes) is 1. The largest absolute Gasteiger partial charge is 0.494 e. The molecule has 1 fully saturated rings. The van der Waals surface area contributed by atoms with Gasteiger partial charge in [-0.2, -0.15) is 5.26 Å². The van der Waals surface area contributed by atoms with Crippen LogP contribution in [0.5, 0.6) is 5.75 Å². The minimum atomic E-state index is 0.753. The minimum Gasteiger partial charge on any atom is -0.494 e. The number of para-hydroxylation sites is 1. The fourth-order valence-corrected chi connectivity index (χ4v) is 4.10. The average molecular weight is 433 g/mol. The third kappa shape index (κ3) is 6.16. The Bertz CT molecular complexity index is 915. The SMILES string of the molecule is N#Cc1ccccc1N1CCN(CCCCOc2ccc(CCN3C=CNN3)cc2)CC1. The summed E-state index contributed by atoms with van der Waals surface area (Å²) in [5.74, 6) is 0.944. The van der Waals surface area contributed by atoms with Crippen LogP contribution in [0.4, 0.5) is 5.69 Å². The van der Waals surface area contributed by atoms with Crippen LogP contribution in [0.1, 0.15) is 24.0 Å². The fraction of sp³-hybridized carbons (Fsp3) is 0.400. The van der Waals surface area contributed by atoms with Crippen molar-refractivity contribution in [3.05, 3.63) is 72.1 Å². The monoisotopic (exact) mass is 432 g/mol. The summed E-state index contributed by atoms with van der Waals surface area (Å²) in [5.41, 5.74) is 9.13. The zero-order chi connectivity index (χ0) is 22.0. The smallest absolute Gasteiger partial charge is 0.119 e. The molecule has 0 radical (unpaired) electrons. The molecular formula is C25H32N6O. The van der Waals surface area contributed by atoms with Gasteiger partial charge in [0.25, 0.3) is 0 Å². The highest BCUT2D eigenvalue weighted by atomic mass is 16.5. The molecule has 7 nitrogen and oxygen atoms in total. The van der Waals surface area contributed by atoms with E-state index in [1.54, 1.807) is 0 Å². The van der Waals surface area contributed by atoms with Crippen LogP contribution in [0.15, 0.2) is 60.9 Å². The molecule has 168 valence electrons. The fourth-order valence-electron chi connectivity index (χ4n) is 4.10. The third-order valence-corrected chi connectivity index (χ3v) is 5.99. The highest BCUT2D eigenvalue weighted by Gasteiger charge is 2.18. The number of rotatable bonds is 10. The van der Waals surface area contributed by atoms with E-state index in [0.717, 1.165) is 82.1 Å². The standard InChI is InChI=1S/C25H32N6O/c26-21-23-5-1-2-6-25(23)30-18-16-29(17-19-30)13-3-4-20-32-24-9-7-22(8-10-24)11-14-31-15-12-27-28-31/h1-2,5-10,12,15,27-28H,3-4,11,13-14,16-20H2. The number of anilines is 1. The summed E-state index contributed by atoms with van der Waals surface area (Å²) in [6, 6.07) is 18.6. The van der Waals surface area contributed by atoms with Crippen LogP contribution in [-0.4, -0.2) is 55.8 Å². The molecule has 7 heteroatoms. The molecule has 0 spiro atoms. The van der Waals surface area contributed by atoms with E-state index in [1.165, 1.54) is 5.56 Å². The van der Waals surface area contributed by atoms with E-state index in [4.69, 9.17) is 4.74 Å². The highest BCUT2D eigenvalue weighted by molar-refractivity contribution is 5.59. The van der Waals surface area contributed by atoms with Gasteiger partial charge in [-0.25, -0.2) is 0 Å². The van der Waals surface area contributed by atoms with E-state index in [1.807, 2.05) is 35.6 Å². The number of nitriles is 1. The first-order valence-electron chi connectivity index (χ1n) is 11.4. The molecule has 4 rings (SSSR count). The van der Waals surface area contributed by atoms with E-state index in [0.29, 0.717) is 0 Å². The number of hydrogen-bond donors (Lipinski definition) is 2. The molecule has 2 aromatic carbocycles. The molecule has 32 heavy (non-hydrogen) atoms. The van der Waals surface area contributed by atoms with E-state index in [2.05, 4.69) is 57.2 Å². The van der Waals surface area contributed by atoms with Gasteiger partial charge in [0.2, 0.25) is 0 Å². The lowest BCUT2D eigenvalue weighted by Gasteiger charge is -2.36. The molecule has 2 aliphatic rings. The quantitative estimate of drug-likeness (QED) is 0.560. The van der Waals surface area contributed by atoms with E-state index >= 15 is 0 Å². The van der Waals surface area contributed by atoms with E-state index < -0.39 is 0 Å². The zero-order valence-corrected chi connectivity index (χ0v) is 18.5. The number of nitrogens with one attached hydrogen (secondary N) is 2. The van der Waals surface area contributed by atoms with Gasteiger partial charge in [-0.05, 0) is 55.6 Å². The maximum atomic E-state index is 9.32. The summed E-state index contributed by atoms with van der Waals surface area (Å²) in [6.07, 6.45) is 7.04. The first-order chi connectivity index (χ1) is 15.8. The van der Waals surface area contributed by atoms with Gasteiger partial charge in [0.1, 0.15) is 11.8 Å². The molecule has 2 aromatic rings. The maximum absolute atomic E-state index is 9.32. The molecule has 2 N–H and O–H groups in total. The van der Waals surface area contributed by atoms with Crippen molar-refractivity contribution in [1.29, 1.82) is 5.26 Å². The van der Waals surface area contributed by atoms with Crippen molar-refractivity contribution in [3.63, 3.8) is 0 Å². The predicted molar refractivity (Wildman–Crippen MR) is 127 cm³/mol. The van der Waals surface area contributed by atoms with Crippen LogP contribution < -0.4 is 20.6 Å². The Morgan fingerprint density at radius 2 is 1.75 bits per heavy atom. The van der Waals surface area contributed by atoms with Crippen LogP contribution in [0, 0.1) is 11.3 Å². The summed E-state index contributed by atoms with van der Waals surface area (Å²) in [5, 5.41) is 11.3. The van der Waals surface area contributed by atoms with Crippen LogP contribution in [0.2, 0.25) is 0 Å². The van der Waals surface area contributed by atoms with E-state index in [9.17, 15) is 5.26 Å². The van der Waals surface area contributed by atoms with Gasteiger partial charge in [-0.15, -0.1) is 5.53 Å². The molecule has 2 aliphatic heterocycles. The Morgan fingerprint density at radius 3 is 2.50 bits per heavy atom. The van der Waals surface area contributed by atoms with Gasteiger partial charge in [0.05, 0.1) is 17.9 Å². The Morgan fingerprint density at radius 1 is 0.938 bits per heavy atom. The molecule has 1 saturated heterocycles. The zero-order valence-electron chi connectivity index (χ0n) is 18.5. The second kappa shape index (κ2) is 11.4. The van der Waals surface area contributed by atoms with Crippen molar-refractivity contribution in [2.24, 2.45) is 0 Å². The first-order valence-corrected chi connectivity index (χ1v) is 11.4. The Labute approximate surface area is 190 Å². The van der Waals surface area contributed by atoms with Gasteiger partial charge in [-0.1, -0.05) is 24.3 Å². The summed E-state index contributed by atoms with van der Waals surface area (Å²) in [6.45, 7) is 6.81. The molecule has 0 bridgehead atoms. The van der Waals surface area contributed by atoms with Crippen molar-refractivity contribution < 1.29 is 4.74 Å². The molecule has 0 amide bonds. The number of hydrazine groups is 2. The highest BCUT2D eigenvalue weighted by Crippen LogP contribution is 2.21. The van der Waals surface area contributed by atoms with Crippen molar-refractivity contribution in [3.8, 4) is 11.8 Å². The number of hydrogen-bond acceptors (Lipinski definition) is 7. The third-order valence-electron chi connectivity index (χ3n) is 5.99. The summed E-state index contributed by atoms with van der Waals surface area (Å²) >= 11 is 0. The predicted octanol–water partition coefficient (Wildman–Crippen LogP) is 2.88. The van der Waals surface area contributed by atoms with Crippen LogP contribution in [0.3, 0.4) is 0 Å². The van der Waals surface area contributed by atoms with Crippen LogP contribution in [-0.2, 0) is 6.42 Å². The maximum Gasteiger partial charge on any atom is 0.119 e. The van der Waals surface area contributed by atoms with Gasteiger partial charge < -0.3 is 15.1 Å². The van der Waals surface area contributed by atoms with Crippen molar-refractivity contribution in [1.82, 2.24) is 20.9 Å². The molecule has 0 unspecified atom stereocenters. The van der Waals surface area contributed by atoms with Crippen molar-refractivity contribution in [2.45, 2.75) is 19.3 Å². The molecule has 0 saturated carbocycles. The average Bonchev–Trinajstić information content (AvgIpc) is 3.37. The van der Waals surface area contributed by atoms with Crippen LogP contribution in [0.25, 0.3) is 0 Å². The number of ether oxygens (including phenoxy) is 1. The molecule has 2 heterocycles. The number of nitrogens with zero attached hydrogens (tertiary/aromatic N) is 4. The Balaban J connectivity index is 1.09. The number of piperazine rings is 1. The Hall–Kier alpha value is -3.21. The summed E-state index contributed by atoms with van der Waals surface area (Å²) in [4.78, 5) is 4.84. The lowest BCUT2D eigenvalue weighted by Crippen LogP contribution is -2.46. The van der Waals surface area contributed by atoms with Crippen molar-refractivity contribution >= 4 is 5.69 Å². The normalized spacial score (nSPS) is 16.1. The van der Waals surface area contributed by atoms with Gasteiger partial charge in [0, 0.05) is 45.1 Å². The first kappa shape index (κ1) is 22.0. The molecule has 0 atom stereocenters. The molecule has 0 aliphatic carbocycles. The second-order valence-corrected chi connectivity index (χ2v) is 8.17. The summed E-state index contributed by atoms with van der Waals surface area (Å²) in [7, 11) is 0. The Kier molecular flexibility index (Phi) is 7.85. The molecular weight excluding hydrogens is 400 g/mol. The summed E-state index contributed by atoms with van der Waals surface area (Å²) < 4.78 is 5.93. The lowest BCUT2D eigenvalue weighted by atomic mass is 10.1. The van der Waals surface area contributed by atoms with Crippen molar-refractivity contribution in [2.75, 3.05) is 50.8 Å². The van der Waals surface area contributed by atoms with Gasteiger partial charge in [0.15, 0.2) is 0 Å². The van der Waals surface area contributed by atoms with Gasteiger partial charge in [-0.3, -0.25) is 9.91 Å². The minimum absolute atomic E-state index is 0.753. The molecule has 0 aromatic heterocycles. The van der Waals surface area contributed by atoms with Gasteiger partial charge >= 0.3 is 0 Å². The topological polar surface area (TPSA) is 66.8 Å². The lowest BCUT2D eigenvalue weighted by molar-refractivity contribution is 0.238.